The zero-order valence-corrected chi connectivity index (χ0v) is 23.5. The Morgan fingerprint density at radius 1 is 0.974 bits per heavy atom. The SMILES string of the molecule is CC(C)(C)NC(=O)C1CSCN1C(=O)C(=O)CN1[C@@H](Cc2ccccc2)CN(Cc2ccccc2)S1(=O)=O. The Labute approximate surface area is 228 Å². The van der Waals surface area contributed by atoms with Crippen LogP contribution in [-0.2, 0) is 37.6 Å². The fourth-order valence-electron chi connectivity index (χ4n) is 4.64. The molecule has 38 heavy (non-hydrogen) atoms. The summed E-state index contributed by atoms with van der Waals surface area (Å²) in [4.78, 5) is 40.5. The smallest absolute Gasteiger partial charge is 0.292 e. The normalized spacial score (nSPS) is 21.9. The van der Waals surface area contributed by atoms with Crippen LogP contribution in [0.1, 0.15) is 31.9 Å². The van der Waals surface area contributed by atoms with Crippen molar-refractivity contribution in [2.75, 3.05) is 24.7 Å². The molecule has 2 aromatic rings. The highest BCUT2D eigenvalue weighted by molar-refractivity contribution is 7.99. The number of nitrogens with zero attached hydrogens (tertiary/aromatic N) is 3. The number of hydrogen-bond acceptors (Lipinski definition) is 6. The Morgan fingerprint density at radius 2 is 1.58 bits per heavy atom. The van der Waals surface area contributed by atoms with E-state index in [4.69, 9.17) is 0 Å². The van der Waals surface area contributed by atoms with Gasteiger partial charge in [0, 0.05) is 30.4 Å². The molecule has 0 radical (unpaired) electrons. The van der Waals surface area contributed by atoms with E-state index in [0.717, 1.165) is 15.4 Å². The second-order valence-corrected chi connectivity index (χ2v) is 13.5. The molecule has 2 fully saturated rings. The quantitative estimate of drug-likeness (QED) is 0.497. The molecule has 2 aromatic carbocycles. The van der Waals surface area contributed by atoms with Crippen LogP contribution in [0.3, 0.4) is 0 Å². The predicted molar refractivity (Wildman–Crippen MR) is 147 cm³/mol. The van der Waals surface area contributed by atoms with Crippen molar-refractivity contribution in [2.45, 2.75) is 51.4 Å². The first-order valence-electron chi connectivity index (χ1n) is 12.5. The minimum atomic E-state index is -4.01. The van der Waals surface area contributed by atoms with Gasteiger partial charge in [0.25, 0.3) is 16.1 Å². The van der Waals surface area contributed by atoms with Crippen LogP contribution in [0, 0.1) is 0 Å². The maximum Gasteiger partial charge on any atom is 0.292 e. The van der Waals surface area contributed by atoms with Crippen molar-refractivity contribution < 1.29 is 22.8 Å². The molecule has 0 saturated carbocycles. The monoisotopic (exact) mass is 558 g/mol. The highest BCUT2D eigenvalue weighted by Gasteiger charge is 2.46. The molecule has 11 heteroatoms. The van der Waals surface area contributed by atoms with Crippen molar-refractivity contribution in [3.63, 3.8) is 0 Å². The van der Waals surface area contributed by atoms with Gasteiger partial charge in [-0.05, 0) is 38.3 Å². The van der Waals surface area contributed by atoms with E-state index in [2.05, 4.69) is 5.32 Å². The summed E-state index contributed by atoms with van der Waals surface area (Å²) in [6.07, 6.45) is 0.406. The zero-order valence-electron chi connectivity index (χ0n) is 21.9. The molecule has 2 saturated heterocycles. The van der Waals surface area contributed by atoms with Gasteiger partial charge in [0.2, 0.25) is 11.7 Å². The molecule has 1 unspecified atom stereocenters. The van der Waals surface area contributed by atoms with Crippen molar-refractivity contribution in [1.82, 2.24) is 18.8 Å². The number of Topliss-reactive ketones (excluding diaryl/α,β-unsaturated/α-hetero) is 1. The van der Waals surface area contributed by atoms with Gasteiger partial charge < -0.3 is 10.2 Å². The van der Waals surface area contributed by atoms with E-state index < -0.39 is 46.1 Å². The second-order valence-electron chi connectivity index (χ2n) is 10.6. The van der Waals surface area contributed by atoms with Crippen LogP contribution in [0.25, 0.3) is 0 Å². The van der Waals surface area contributed by atoms with Gasteiger partial charge in [0.15, 0.2) is 0 Å². The average molecular weight is 559 g/mol. The fourth-order valence-corrected chi connectivity index (χ4v) is 7.56. The molecule has 0 aliphatic carbocycles. The Balaban J connectivity index is 1.53. The van der Waals surface area contributed by atoms with E-state index >= 15 is 0 Å². The van der Waals surface area contributed by atoms with E-state index in [1.165, 1.54) is 21.0 Å². The Bertz CT molecular complexity index is 1270. The number of nitrogens with one attached hydrogen (secondary N) is 1. The van der Waals surface area contributed by atoms with Gasteiger partial charge in [-0.15, -0.1) is 11.8 Å². The lowest BCUT2D eigenvalue weighted by Crippen LogP contribution is -2.54. The third-order valence-electron chi connectivity index (χ3n) is 6.44. The highest BCUT2D eigenvalue weighted by Crippen LogP contribution is 2.28. The summed E-state index contributed by atoms with van der Waals surface area (Å²) in [6, 6.07) is 17.4. The number of ketones is 1. The first kappa shape index (κ1) is 28.3. The van der Waals surface area contributed by atoms with E-state index in [0.29, 0.717) is 12.2 Å². The van der Waals surface area contributed by atoms with Crippen LogP contribution < -0.4 is 5.32 Å². The number of amides is 2. The van der Waals surface area contributed by atoms with Crippen molar-refractivity contribution in [3.05, 3.63) is 71.8 Å². The topological polar surface area (TPSA) is 107 Å². The number of thioether (sulfide) groups is 1. The van der Waals surface area contributed by atoms with Crippen LogP contribution in [-0.4, -0.2) is 81.9 Å². The molecule has 2 amide bonds. The van der Waals surface area contributed by atoms with Gasteiger partial charge in [-0.3, -0.25) is 14.4 Å². The molecule has 2 aliphatic rings. The summed E-state index contributed by atoms with van der Waals surface area (Å²) in [5.41, 5.74) is 1.29. The van der Waals surface area contributed by atoms with Crippen LogP contribution in [0.2, 0.25) is 0 Å². The Kier molecular flexibility index (Phi) is 8.61. The summed E-state index contributed by atoms with van der Waals surface area (Å²) in [7, 11) is -4.01. The number of hydrogen-bond donors (Lipinski definition) is 1. The molecule has 0 aromatic heterocycles. The number of rotatable bonds is 8. The maximum atomic E-state index is 13.6. The molecule has 0 spiro atoms. The van der Waals surface area contributed by atoms with Crippen molar-refractivity contribution >= 4 is 39.6 Å². The van der Waals surface area contributed by atoms with Gasteiger partial charge in [0.05, 0.1) is 12.4 Å². The maximum absolute atomic E-state index is 13.6. The second kappa shape index (κ2) is 11.6. The predicted octanol–water partition coefficient (Wildman–Crippen LogP) is 2.05. The van der Waals surface area contributed by atoms with Crippen molar-refractivity contribution in [1.29, 1.82) is 0 Å². The summed E-state index contributed by atoms with van der Waals surface area (Å²) in [5, 5.41) is 2.86. The first-order chi connectivity index (χ1) is 18.0. The molecule has 1 N–H and O–H groups in total. The minimum Gasteiger partial charge on any atom is -0.350 e. The molecular formula is C27H34N4O5S2. The molecule has 2 aliphatic heterocycles. The molecule has 0 bridgehead atoms. The van der Waals surface area contributed by atoms with Crippen molar-refractivity contribution in [3.8, 4) is 0 Å². The lowest BCUT2D eigenvalue weighted by atomic mass is 10.1. The van der Waals surface area contributed by atoms with E-state index in [-0.39, 0.29) is 24.9 Å². The van der Waals surface area contributed by atoms with Gasteiger partial charge in [0.1, 0.15) is 6.04 Å². The molecule has 4 rings (SSSR count). The molecule has 2 heterocycles. The minimum absolute atomic E-state index is 0.172. The summed E-state index contributed by atoms with van der Waals surface area (Å²) in [5.74, 6) is -1.42. The highest BCUT2D eigenvalue weighted by atomic mass is 32.2. The van der Waals surface area contributed by atoms with Gasteiger partial charge in [-0.1, -0.05) is 60.7 Å². The summed E-state index contributed by atoms with van der Waals surface area (Å²) in [6.45, 7) is 5.33. The van der Waals surface area contributed by atoms with Gasteiger partial charge in [-0.25, -0.2) is 0 Å². The van der Waals surface area contributed by atoms with Crippen LogP contribution in [0.5, 0.6) is 0 Å². The number of carbonyl (C=O) groups is 3. The zero-order chi connectivity index (χ0) is 27.5. The standard InChI is InChI=1S/C27H34N4O5S2/c1-27(2,3)28-25(33)23-18-37-19-30(23)26(34)24(32)17-31-22(14-20-10-6-4-7-11-20)16-29(38(31,35)36)15-21-12-8-5-9-13-21/h4-13,22-23H,14-19H2,1-3H3,(H,28,33)/t22-,23?/m0/s1. The molecule has 9 nitrogen and oxygen atoms in total. The summed E-state index contributed by atoms with van der Waals surface area (Å²) < 4.78 is 29.7. The first-order valence-corrected chi connectivity index (χ1v) is 15.1. The van der Waals surface area contributed by atoms with Crippen LogP contribution in [0.15, 0.2) is 60.7 Å². The van der Waals surface area contributed by atoms with Crippen molar-refractivity contribution in [2.24, 2.45) is 0 Å². The van der Waals surface area contributed by atoms with Crippen LogP contribution >= 0.6 is 11.8 Å². The molecule has 2 atom stereocenters. The molecule has 204 valence electrons. The average Bonchev–Trinajstić information content (AvgIpc) is 3.43. The molecular weight excluding hydrogens is 524 g/mol. The van der Waals surface area contributed by atoms with E-state index in [1.807, 2.05) is 81.4 Å². The Hall–Kier alpha value is -2.73. The largest absolute Gasteiger partial charge is 0.350 e. The fraction of sp³-hybridized carbons (Fsp3) is 0.444. The summed E-state index contributed by atoms with van der Waals surface area (Å²) >= 11 is 1.39. The number of benzene rings is 2. The van der Waals surface area contributed by atoms with E-state index in [1.54, 1.807) is 0 Å². The lowest BCUT2D eigenvalue weighted by molar-refractivity contribution is -0.147. The third-order valence-corrected chi connectivity index (χ3v) is 9.41. The number of carbonyl (C=O) groups excluding carboxylic acids is 3. The Morgan fingerprint density at radius 3 is 2.18 bits per heavy atom. The van der Waals surface area contributed by atoms with E-state index in [9.17, 15) is 22.8 Å². The lowest BCUT2D eigenvalue weighted by Gasteiger charge is -2.28. The van der Waals surface area contributed by atoms with Gasteiger partial charge in [-0.2, -0.15) is 17.0 Å². The third kappa shape index (κ3) is 6.63. The van der Waals surface area contributed by atoms with Gasteiger partial charge >= 0.3 is 0 Å². The van der Waals surface area contributed by atoms with Crippen LogP contribution in [0.4, 0.5) is 0 Å².